The second-order valence-corrected chi connectivity index (χ2v) is 6.76. The molecule has 0 fully saturated rings. The van der Waals surface area contributed by atoms with Crippen molar-refractivity contribution in [3.05, 3.63) is 64.4 Å². The fourth-order valence-corrected chi connectivity index (χ4v) is 2.93. The lowest BCUT2D eigenvalue weighted by Crippen LogP contribution is -2.15. The number of rotatable bonds is 4. The number of aryl methyl sites for hydroxylation is 2. The van der Waals surface area contributed by atoms with Gasteiger partial charge >= 0.3 is 0 Å². The van der Waals surface area contributed by atoms with Crippen LogP contribution in [0.4, 0.5) is 17.3 Å². The molecule has 0 saturated heterocycles. The van der Waals surface area contributed by atoms with Crippen LogP contribution in [0.25, 0.3) is 0 Å². The summed E-state index contributed by atoms with van der Waals surface area (Å²) in [6.45, 7) is 3.92. The molecule has 0 radical (unpaired) electrons. The van der Waals surface area contributed by atoms with Gasteiger partial charge in [0.2, 0.25) is 12.7 Å². The Hall–Kier alpha value is -3.32. The van der Waals surface area contributed by atoms with Crippen LogP contribution in [0.5, 0.6) is 11.5 Å². The molecule has 1 amide bonds. The molecule has 0 atom stereocenters. The SMILES string of the molecule is Cc1cc(C(=O)Nc2ccc3c(c2)OCO3)nc(Nc2cc(Cl)ccc2C)n1. The molecular weight excluding hydrogens is 380 g/mol. The summed E-state index contributed by atoms with van der Waals surface area (Å²) < 4.78 is 10.6. The van der Waals surface area contributed by atoms with E-state index in [1.165, 1.54) is 0 Å². The molecule has 0 saturated carbocycles. The first-order chi connectivity index (χ1) is 13.5. The standard InChI is InChI=1S/C20H17ClN4O3/c1-11-3-4-13(21)8-15(11)24-20-22-12(2)7-16(25-20)19(26)23-14-5-6-17-18(9-14)28-10-27-17/h3-9H,10H2,1-2H3,(H,23,26)(H,22,24,25). The zero-order valence-electron chi connectivity index (χ0n) is 15.2. The van der Waals surface area contributed by atoms with E-state index in [1.807, 2.05) is 19.1 Å². The molecule has 8 heteroatoms. The molecule has 0 aliphatic carbocycles. The van der Waals surface area contributed by atoms with Crippen molar-refractivity contribution in [2.45, 2.75) is 13.8 Å². The van der Waals surface area contributed by atoms with Crippen molar-refractivity contribution in [3.8, 4) is 11.5 Å². The molecule has 28 heavy (non-hydrogen) atoms. The molecule has 0 unspecified atom stereocenters. The Balaban J connectivity index is 1.56. The third-order valence-corrected chi connectivity index (χ3v) is 4.40. The summed E-state index contributed by atoms with van der Waals surface area (Å²) in [7, 11) is 0. The molecule has 2 heterocycles. The van der Waals surface area contributed by atoms with Gasteiger partial charge in [-0.05, 0) is 49.7 Å². The van der Waals surface area contributed by atoms with Crippen molar-refractivity contribution >= 4 is 34.8 Å². The highest BCUT2D eigenvalue weighted by molar-refractivity contribution is 6.30. The van der Waals surface area contributed by atoms with Crippen LogP contribution in [0.1, 0.15) is 21.7 Å². The first-order valence-corrected chi connectivity index (χ1v) is 8.95. The minimum Gasteiger partial charge on any atom is -0.454 e. The number of nitrogens with one attached hydrogen (secondary N) is 2. The smallest absolute Gasteiger partial charge is 0.274 e. The second-order valence-electron chi connectivity index (χ2n) is 6.32. The lowest BCUT2D eigenvalue weighted by atomic mass is 10.2. The highest BCUT2D eigenvalue weighted by Gasteiger charge is 2.16. The number of carbonyl (C=O) groups excluding carboxylic acids is 1. The number of carbonyl (C=O) groups is 1. The Morgan fingerprint density at radius 1 is 1.04 bits per heavy atom. The van der Waals surface area contributed by atoms with Crippen molar-refractivity contribution in [2.75, 3.05) is 17.4 Å². The fourth-order valence-electron chi connectivity index (χ4n) is 2.76. The monoisotopic (exact) mass is 396 g/mol. The van der Waals surface area contributed by atoms with Gasteiger partial charge in [-0.2, -0.15) is 0 Å². The normalized spacial score (nSPS) is 12.0. The van der Waals surface area contributed by atoms with Crippen LogP contribution < -0.4 is 20.1 Å². The third kappa shape index (κ3) is 3.84. The third-order valence-electron chi connectivity index (χ3n) is 4.16. The predicted octanol–water partition coefficient (Wildman–Crippen LogP) is 4.47. The average molecular weight is 397 g/mol. The summed E-state index contributed by atoms with van der Waals surface area (Å²) in [4.78, 5) is 21.4. The molecule has 1 aliphatic heterocycles. The number of amides is 1. The van der Waals surface area contributed by atoms with Gasteiger partial charge in [-0.3, -0.25) is 4.79 Å². The average Bonchev–Trinajstić information content (AvgIpc) is 3.12. The lowest BCUT2D eigenvalue weighted by molar-refractivity contribution is 0.102. The zero-order chi connectivity index (χ0) is 19.7. The fraction of sp³-hybridized carbons (Fsp3) is 0.150. The Morgan fingerprint density at radius 2 is 1.86 bits per heavy atom. The van der Waals surface area contributed by atoms with Crippen LogP contribution >= 0.6 is 11.6 Å². The molecule has 7 nitrogen and oxygen atoms in total. The first kappa shape index (κ1) is 18.1. The van der Waals surface area contributed by atoms with E-state index in [0.717, 1.165) is 11.3 Å². The predicted molar refractivity (Wildman–Crippen MR) is 107 cm³/mol. The minimum absolute atomic E-state index is 0.176. The summed E-state index contributed by atoms with van der Waals surface area (Å²) in [6, 6.07) is 12.3. The van der Waals surface area contributed by atoms with Gasteiger partial charge in [0.15, 0.2) is 11.5 Å². The molecule has 142 valence electrons. The van der Waals surface area contributed by atoms with Crippen molar-refractivity contribution in [2.24, 2.45) is 0 Å². The highest BCUT2D eigenvalue weighted by atomic mass is 35.5. The van der Waals surface area contributed by atoms with Gasteiger partial charge in [0.1, 0.15) is 5.69 Å². The van der Waals surface area contributed by atoms with Gasteiger partial charge < -0.3 is 20.1 Å². The van der Waals surface area contributed by atoms with E-state index < -0.39 is 0 Å². The van der Waals surface area contributed by atoms with E-state index in [-0.39, 0.29) is 18.4 Å². The number of ether oxygens (including phenoxy) is 2. The van der Waals surface area contributed by atoms with E-state index in [4.69, 9.17) is 21.1 Å². The van der Waals surface area contributed by atoms with Crippen molar-refractivity contribution < 1.29 is 14.3 Å². The van der Waals surface area contributed by atoms with Crippen LogP contribution in [0.3, 0.4) is 0 Å². The van der Waals surface area contributed by atoms with Gasteiger partial charge in [-0.1, -0.05) is 17.7 Å². The summed E-state index contributed by atoms with van der Waals surface area (Å²) in [5, 5.41) is 6.54. The van der Waals surface area contributed by atoms with Crippen LogP contribution in [0.2, 0.25) is 5.02 Å². The van der Waals surface area contributed by atoms with Crippen LogP contribution in [0, 0.1) is 13.8 Å². The van der Waals surface area contributed by atoms with E-state index in [0.29, 0.717) is 33.9 Å². The van der Waals surface area contributed by atoms with Gasteiger partial charge in [-0.25, -0.2) is 9.97 Å². The molecular formula is C20H17ClN4O3. The Labute approximate surface area is 166 Å². The van der Waals surface area contributed by atoms with Crippen molar-refractivity contribution in [1.29, 1.82) is 0 Å². The molecule has 1 aliphatic rings. The summed E-state index contributed by atoms with van der Waals surface area (Å²) in [5.74, 6) is 1.21. The van der Waals surface area contributed by atoms with E-state index in [1.54, 1.807) is 37.3 Å². The number of hydrogen-bond donors (Lipinski definition) is 2. The van der Waals surface area contributed by atoms with E-state index in [2.05, 4.69) is 20.6 Å². The molecule has 2 N–H and O–H groups in total. The Kier molecular flexibility index (Phi) is 4.75. The topological polar surface area (TPSA) is 85.4 Å². The van der Waals surface area contributed by atoms with Crippen LogP contribution in [-0.4, -0.2) is 22.7 Å². The van der Waals surface area contributed by atoms with Gasteiger partial charge in [0.25, 0.3) is 5.91 Å². The summed E-state index contributed by atoms with van der Waals surface area (Å²) >= 11 is 6.06. The largest absolute Gasteiger partial charge is 0.454 e. The van der Waals surface area contributed by atoms with E-state index in [9.17, 15) is 4.79 Å². The Bertz CT molecular complexity index is 1070. The number of hydrogen-bond acceptors (Lipinski definition) is 6. The van der Waals surface area contributed by atoms with Crippen molar-refractivity contribution in [3.63, 3.8) is 0 Å². The molecule has 0 spiro atoms. The number of anilines is 3. The molecule has 1 aromatic heterocycles. The number of fused-ring (bicyclic) bond motifs is 1. The maximum absolute atomic E-state index is 12.7. The van der Waals surface area contributed by atoms with Gasteiger partial charge in [0, 0.05) is 28.2 Å². The summed E-state index contributed by atoms with van der Waals surface area (Å²) in [5.41, 5.74) is 3.26. The van der Waals surface area contributed by atoms with Gasteiger partial charge in [0.05, 0.1) is 0 Å². The molecule has 2 aromatic carbocycles. The maximum atomic E-state index is 12.7. The lowest BCUT2D eigenvalue weighted by Gasteiger charge is -2.11. The molecule has 3 aromatic rings. The number of benzene rings is 2. The van der Waals surface area contributed by atoms with Crippen LogP contribution in [0.15, 0.2) is 42.5 Å². The first-order valence-electron chi connectivity index (χ1n) is 8.58. The molecule has 0 bridgehead atoms. The highest BCUT2D eigenvalue weighted by Crippen LogP contribution is 2.34. The number of halogens is 1. The maximum Gasteiger partial charge on any atom is 0.274 e. The Morgan fingerprint density at radius 3 is 2.71 bits per heavy atom. The van der Waals surface area contributed by atoms with Crippen molar-refractivity contribution in [1.82, 2.24) is 9.97 Å². The quantitative estimate of drug-likeness (QED) is 0.676. The number of nitrogens with zero attached hydrogens (tertiary/aromatic N) is 2. The van der Waals surface area contributed by atoms with Gasteiger partial charge in [-0.15, -0.1) is 0 Å². The molecule has 4 rings (SSSR count). The second kappa shape index (κ2) is 7.36. The van der Waals surface area contributed by atoms with Crippen LogP contribution in [-0.2, 0) is 0 Å². The van der Waals surface area contributed by atoms with E-state index >= 15 is 0 Å². The number of aromatic nitrogens is 2. The summed E-state index contributed by atoms with van der Waals surface area (Å²) in [6.07, 6.45) is 0. The zero-order valence-corrected chi connectivity index (χ0v) is 16.0. The minimum atomic E-state index is -0.352.